The van der Waals surface area contributed by atoms with E-state index in [0.717, 1.165) is 61.8 Å². The minimum atomic E-state index is -2.86. The quantitative estimate of drug-likeness (QED) is 0.658. The molecule has 2 aliphatic heterocycles. The number of rotatable bonds is 6. The molecular formula is C27H34F2N4O3. The van der Waals surface area contributed by atoms with E-state index in [1.54, 1.807) is 6.07 Å². The summed E-state index contributed by atoms with van der Waals surface area (Å²) in [7, 11) is 2.10. The average Bonchev–Trinajstić information content (AvgIpc) is 2.90. The second-order valence-corrected chi connectivity index (χ2v) is 9.77. The lowest BCUT2D eigenvalue weighted by Gasteiger charge is -2.37. The number of amides is 1. The third kappa shape index (κ3) is 5.57. The minimum Gasteiger partial charge on any atom is -0.435 e. The predicted octanol–water partition coefficient (Wildman–Crippen LogP) is 3.16. The number of morpholine rings is 1. The summed E-state index contributed by atoms with van der Waals surface area (Å²) in [4.78, 5) is 19.9. The normalized spacial score (nSPS) is 20.8. The van der Waals surface area contributed by atoms with Gasteiger partial charge < -0.3 is 29.5 Å². The lowest BCUT2D eigenvalue weighted by atomic mass is 9.85. The van der Waals surface area contributed by atoms with Crippen LogP contribution in [0.1, 0.15) is 27.9 Å². The number of anilines is 2. The monoisotopic (exact) mass is 500 g/mol. The summed E-state index contributed by atoms with van der Waals surface area (Å²) in [5.74, 6) is 0.138. The summed E-state index contributed by atoms with van der Waals surface area (Å²) in [6.07, 6.45) is 1.85. The van der Waals surface area contributed by atoms with Gasteiger partial charge in [-0.25, -0.2) is 0 Å². The van der Waals surface area contributed by atoms with Gasteiger partial charge in [-0.2, -0.15) is 8.78 Å². The second-order valence-electron chi connectivity index (χ2n) is 9.77. The van der Waals surface area contributed by atoms with Crippen LogP contribution in [0, 0.1) is 0 Å². The van der Waals surface area contributed by atoms with Gasteiger partial charge >= 0.3 is 6.61 Å². The molecule has 2 aromatic rings. The molecule has 9 heteroatoms. The zero-order chi connectivity index (χ0) is 25.1. The first-order valence-electron chi connectivity index (χ1n) is 12.7. The average molecular weight is 501 g/mol. The number of halogens is 2. The van der Waals surface area contributed by atoms with Crippen LogP contribution >= 0.6 is 0 Å². The molecule has 1 amide bonds. The van der Waals surface area contributed by atoms with Crippen LogP contribution in [0.25, 0.3) is 0 Å². The van der Waals surface area contributed by atoms with Gasteiger partial charge in [-0.1, -0.05) is 0 Å². The van der Waals surface area contributed by atoms with Crippen molar-refractivity contribution in [2.24, 2.45) is 0 Å². The molecule has 0 saturated carbocycles. The van der Waals surface area contributed by atoms with Crippen molar-refractivity contribution >= 4 is 17.3 Å². The van der Waals surface area contributed by atoms with Gasteiger partial charge in [0, 0.05) is 62.2 Å². The highest BCUT2D eigenvalue weighted by molar-refractivity contribution is 5.94. The number of piperazine rings is 1. The van der Waals surface area contributed by atoms with E-state index in [9.17, 15) is 13.6 Å². The number of alkyl halides is 2. The SMILES string of the molecule is CN1CCN(c2ccc(OC(F)F)c3c2C[C@H](NC(=O)c2ccc(N4CCOCC4)cc2)CC3)CC1. The van der Waals surface area contributed by atoms with Gasteiger partial charge in [-0.15, -0.1) is 0 Å². The predicted molar refractivity (Wildman–Crippen MR) is 136 cm³/mol. The molecule has 1 aliphatic carbocycles. The van der Waals surface area contributed by atoms with Crippen molar-refractivity contribution in [2.75, 3.05) is 69.3 Å². The molecule has 0 bridgehead atoms. The van der Waals surface area contributed by atoms with Gasteiger partial charge in [0.05, 0.1) is 13.2 Å². The lowest BCUT2D eigenvalue weighted by Crippen LogP contribution is -2.45. The van der Waals surface area contributed by atoms with Crippen molar-refractivity contribution in [2.45, 2.75) is 31.9 Å². The number of ether oxygens (including phenoxy) is 2. The van der Waals surface area contributed by atoms with E-state index in [1.807, 2.05) is 30.3 Å². The van der Waals surface area contributed by atoms with Gasteiger partial charge in [-0.05, 0) is 73.8 Å². The Balaban J connectivity index is 1.31. The maximum atomic E-state index is 13.1. The van der Waals surface area contributed by atoms with Crippen molar-refractivity contribution in [1.29, 1.82) is 0 Å². The van der Waals surface area contributed by atoms with Crippen LogP contribution in [-0.2, 0) is 17.6 Å². The molecular weight excluding hydrogens is 466 g/mol. The van der Waals surface area contributed by atoms with Crippen molar-refractivity contribution in [1.82, 2.24) is 10.2 Å². The Morgan fingerprint density at radius 2 is 1.69 bits per heavy atom. The highest BCUT2D eigenvalue weighted by Gasteiger charge is 2.29. The van der Waals surface area contributed by atoms with Crippen LogP contribution in [-0.4, -0.2) is 83.0 Å². The molecule has 0 spiro atoms. The van der Waals surface area contributed by atoms with Crippen LogP contribution in [0.5, 0.6) is 5.75 Å². The molecule has 1 atom stereocenters. The van der Waals surface area contributed by atoms with Gasteiger partial charge in [-0.3, -0.25) is 4.79 Å². The second kappa shape index (κ2) is 11.0. The number of fused-ring (bicyclic) bond motifs is 1. The molecule has 0 radical (unpaired) electrons. The van der Waals surface area contributed by atoms with E-state index in [4.69, 9.17) is 9.47 Å². The molecule has 2 heterocycles. The van der Waals surface area contributed by atoms with Crippen LogP contribution in [0.3, 0.4) is 0 Å². The fourth-order valence-electron chi connectivity index (χ4n) is 5.42. The smallest absolute Gasteiger partial charge is 0.387 e. The number of carbonyl (C=O) groups is 1. The molecule has 3 aliphatic rings. The standard InChI is InChI=1S/C27H34F2N4O3/c1-31-10-12-33(13-11-31)24-8-9-25(36-27(28)29)22-7-4-20(18-23(22)24)30-26(34)19-2-5-21(6-3-19)32-14-16-35-17-15-32/h2-3,5-6,8-9,20,27H,4,7,10-18H2,1H3,(H,30,34)/t20-/m1/s1. The molecule has 0 aromatic heterocycles. The number of hydrogen-bond acceptors (Lipinski definition) is 6. The van der Waals surface area contributed by atoms with Crippen molar-refractivity contribution in [3.63, 3.8) is 0 Å². The molecule has 194 valence electrons. The number of likely N-dealkylation sites (N-methyl/N-ethyl adjacent to an activating group) is 1. The minimum absolute atomic E-state index is 0.0723. The summed E-state index contributed by atoms with van der Waals surface area (Å²) >= 11 is 0. The van der Waals surface area contributed by atoms with Gasteiger partial charge in [0.15, 0.2) is 0 Å². The van der Waals surface area contributed by atoms with Crippen molar-refractivity contribution in [3.8, 4) is 5.75 Å². The van der Waals surface area contributed by atoms with E-state index in [0.29, 0.717) is 38.0 Å². The largest absolute Gasteiger partial charge is 0.435 e. The van der Waals surface area contributed by atoms with E-state index < -0.39 is 6.61 Å². The topological polar surface area (TPSA) is 57.3 Å². The fraction of sp³-hybridized carbons (Fsp3) is 0.519. The molecule has 1 N–H and O–H groups in total. The van der Waals surface area contributed by atoms with Crippen LogP contribution in [0.15, 0.2) is 36.4 Å². The van der Waals surface area contributed by atoms with Crippen LogP contribution < -0.4 is 19.9 Å². The third-order valence-corrected chi connectivity index (χ3v) is 7.46. The summed E-state index contributed by atoms with van der Waals surface area (Å²) in [6, 6.07) is 11.2. The Morgan fingerprint density at radius 3 is 2.39 bits per heavy atom. The number of benzene rings is 2. The summed E-state index contributed by atoms with van der Waals surface area (Å²) in [5.41, 5.74) is 4.62. The van der Waals surface area contributed by atoms with Crippen molar-refractivity contribution in [3.05, 3.63) is 53.1 Å². The highest BCUT2D eigenvalue weighted by atomic mass is 19.3. The molecule has 2 aromatic carbocycles. The number of nitrogens with one attached hydrogen (secondary N) is 1. The van der Waals surface area contributed by atoms with Gasteiger partial charge in [0.2, 0.25) is 0 Å². The number of nitrogens with zero attached hydrogens (tertiary/aromatic N) is 3. The van der Waals surface area contributed by atoms with E-state index >= 15 is 0 Å². The Hall–Kier alpha value is -2.91. The summed E-state index contributed by atoms with van der Waals surface area (Å²) in [6.45, 7) is 3.92. The summed E-state index contributed by atoms with van der Waals surface area (Å²) < 4.78 is 36.4. The molecule has 36 heavy (non-hydrogen) atoms. The van der Waals surface area contributed by atoms with Crippen LogP contribution in [0.4, 0.5) is 20.2 Å². The summed E-state index contributed by atoms with van der Waals surface area (Å²) in [5, 5.41) is 3.18. The Bertz CT molecular complexity index is 1050. The maximum Gasteiger partial charge on any atom is 0.387 e. The first-order valence-corrected chi connectivity index (χ1v) is 12.7. The third-order valence-electron chi connectivity index (χ3n) is 7.46. The number of carbonyl (C=O) groups excluding carboxylic acids is 1. The Kier molecular flexibility index (Phi) is 7.57. The lowest BCUT2D eigenvalue weighted by molar-refractivity contribution is -0.0505. The molecule has 0 unspecified atom stereocenters. The Morgan fingerprint density at radius 1 is 0.972 bits per heavy atom. The Labute approximate surface area is 210 Å². The first kappa shape index (κ1) is 24.8. The maximum absolute atomic E-state index is 13.1. The van der Waals surface area contributed by atoms with E-state index in [1.165, 1.54) is 0 Å². The highest BCUT2D eigenvalue weighted by Crippen LogP contribution is 2.38. The fourth-order valence-corrected chi connectivity index (χ4v) is 5.42. The molecule has 7 nitrogen and oxygen atoms in total. The van der Waals surface area contributed by atoms with Crippen molar-refractivity contribution < 1.29 is 23.0 Å². The zero-order valence-corrected chi connectivity index (χ0v) is 20.7. The van der Waals surface area contributed by atoms with Gasteiger partial charge in [0.1, 0.15) is 5.75 Å². The van der Waals surface area contributed by atoms with E-state index in [2.05, 4.69) is 27.1 Å². The first-order chi connectivity index (χ1) is 17.5. The van der Waals surface area contributed by atoms with Gasteiger partial charge in [0.25, 0.3) is 5.91 Å². The zero-order valence-electron chi connectivity index (χ0n) is 20.7. The molecule has 2 fully saturated rings. The van der Waals surface area contributed by atoms with Crippen LogP contribution in [0.2, 0.25) is 0 Å². The molecule has 5 rings (SSSR count). The van der Waals surface area contributed by atoms with E-state index in [-0.39, 0.29) is 17.7 Å². The number of hydrogen-bond donors (Lipinski definition) is 1. The molecule has 2 saturated heterocycles.